The SMILES string of the molecule is Cc1ncsc1C(N)C1=CCCCCCC1. The minimum Gasteiger partial charge on any atom is -0.320 e. The second-order valence-electron chi connectivity index (χ2n) is 4.51. The molecule has 0 saturated carbocycles. The minimum absolute atomic E-state index is 0.0885. The van der Waals surface area contributed by atoms with Gasteiger partial charge in [0.15, 0.2) is 0 Å². The van der Waals surface area contributed by atoms with Gasteiger partial charge in [-0.05, 0) is 32.6 Å². The number of aryl methyl sites for hydroxylation is 1. The quantitative estimate of drug-likeness (QED) is 0.795. The van der Waals surface area contributed by atoms with Crippen molar-refractivity contribution in [3.63, 3.8) is 0 Å². The molecule has 0 spiro atoms. The number of hydrogen-bond acceptors (Lipinski definition) is 3. The fraction of sp³-hybridized carbons (Fsp3) is 0.615. The summed E-state index contributed by atoms with van der Waals surface area (Å²) in [6.45, 7) is 2.05. The molecule has 16 heavy (non-hydrogen) atoms. The molecule has 1 unspecified atom stereocenters. The van der Waals surface area contributed by atoms with Crippen molar-refractivity contribution >= 4 is 11.3 Å². The molecule has 1 aliphatic carbocycles. The van der Waals surface area contributed by atoms with Crippen molar-refractivity contribution in [2.24, 2.45) is 5.73 Å². The zero-order valence-corrected chi connectivity index (χ0v) is 10.7. The third-order valence-corrected chi connectivity index (χ3v) is 4.30. The number of rotatable bonds is 2. The maximum absolute atomic E-state index is 6.34. The Morgan fingerprint density at radius 3 is 2.88 bits per heavy atom. The molecule has 1 aliphatic rings. The van der Waals surface area contributed by atoms with Crippen LogP contribution in [0.1, 0.15) is 55.1 Å². The predicted octanol–water partition coefficient (Wildman–Crippen LogP) is 3.73. The van der Waals surface area contributed by atoms with Gasteiger partial charge in [-0.25, -0.2) is 4.98 Å². The highest BCUT2D eigenvalue weighted by Crippen LogP contribution is 2.30. The summed E-state index contributed by atoms with van der Waals surface area (Å²) in [7, 11) is 0. The Balaban J connectivity index is 2.13. The highest BCUT2D eigenvalue weighted by Gasteiger charge is 2.16. The lowest BCUT2D eigenvalue weighted by Gasteiger charge is -2.17. The summed E-state index contributed by atoms with van der Waals surface area (Å²) in [6, 6.07) is 0.0885. The molecule has 1 aromatic rings. The van der Waals surface area contributed by atoms with E-state index in [9.17, 15) is 0 Å². The molecule has 1 aromatic heterocycles. The largest absolute Gasteiger partial charge is 0.320 e. The van der Waals surface area contributed by atoms with E-state index < -0.39 is 0 Å². The number of allylic oxidation sites excluding steroid dienone is 1. The molecule has 0 aromatic carbocycles. The van der Waals surface area contributed by atoms with Gasteiger partial charge in [-0.3, -0.25) is 0 Å². The van der Waals surface area contributed by atoms with E-state index in [0.29, 0.717) is 0 Å². The molecule has 88 valence electrons. The molecule has 1 heterocycles. The lowest BCUT2D eigenvalue weighted by molar-refractivity contribution is 0.603. The Morgan fingerprint density at radius 1 is 1.31 bits per heavy atom. The van der Waals surface area contributed by atoms with E-state index in [2.05, 4.69) is 18.0 Å². The minimum atomic E-state index is 0.0885. The number of nitrogens with zero attached hydrogens (tertiary/aromatic N) is 1. The van der Waals surface area contributed by atoms with Gasteiger partial charge in [0.25, 0.3) is 0 Å². The van der Waals surface area contributed by atoms with Crippen LogP contribution >= 0.6 is 11.3 Å². The van der Waals surface area contributed by atoms with Gasteiger partial charge in [0, 0.05) is 4.88 Å². The van der Waals surface area contributed by atoms with Crippen molar-refractivity contribution in [1.82, 2.24) is 4.98 Å². The summed E-state index contributed by atoms with van der Waals surface area (Å²) in [6.07, 6.45) is 10.1. The molecule has 2 rings (SSSR count). The number of thiazole rings is 1. The molecule has 0 radical (unpaired) electrons. The smallest absolute Gasteiger partial charge is 0.0798 e. The molecule has 0 saturated heterocycles. The van der Waals surface area contributed by atoms with Crippen LogP contribution < -0.4 is 5.73 Å². The van der Waals surface area contributed by atoms with E-state index in [-0.39, 0.29) is 6.04 Å². The Bertz CT molecular complexity index is 368. The summed E-state index contributed by atoms with van der Waals surface area (Å²) in [5.41, 5.74) is 10.8. The third-order valence-electron chi connectivity index (χ3n) is 3.29. The van der Waals surface area contributed by atoms with Gasteiger partial charge in [-0.2, -0.15) is 0 Å². The Labute approximate surface area is 102 Å². The average molecular weight is 236 g/mol. The highest BCUT2D eigenvalue weighted by molar-refractivity contribution is 7.09. The molecule has 2 N–H and O–H groups in total. The van der Waals surface area contributed by atoms with Crippen molar-refractivity contribution in [2.75, 3.05) is 0 Å². The van der Waals surface area contributed by atoms with E-state index in [0.717, 1.165) is 5.69 Å². The predicted molar refractivity (Wildman–Crippen MR) is 69.6 cm³/mol. The highest BCUT2D eigenvalue weighted by atomic mass is 32.1. The topological polar surface area (TPSA) is 38.9 Å². The lowest BCUT2D eigenvalue weighted by Crippen LogP contribution is -2.13. The van der Waals surface area contributed by atoms with Crippen LogP contribution in [0.15, 0.2) is 17.2 Å². The fourth-order valence-corrected chi connectivity index (χ4v) is 3.12. The summed E-state index contributed by atoms with van der Waals surface area (Å²) >= 11 is 1.69. The molecule has 0 amide bonds. The van der Waals surface area contributed by atoms with Gasteiger partial charge in [-0.15, -0.1) is 11.3 Å². The molecular weight excluding hydrogens is 216 g/mol. The van der Waals surface area contributed by atoms with Crippen LogP contribution in [-0.2, 0) is 0 Å². The van der Waals surface area contributed by atoms with Crippen LogP contribution in [0.5, 0.6) is 0 Å². The first-order chi connectivity index (χ1) is 7.79. The normalized spacial score (nSPS) is 19.8. The Kier molecular flexibility index (Phi) is 4.13. The van der Waals surface area contributed by atoms with Crippen molar-refractivity contribution in [3.05, 3.63) is 27.7 Å². The van der Waals surface area contributed by atoms with Gasteiger partial charge in [0.05, 0.1) is 17.2 Å². The second-order valence-corrected chi connectivity index (χ2v) is 5.40. The van der Waals surface area contributed by atoms with Crippen molar-refractivity contribution in [3.8, 4) is 0 Å². The molecule has 1 atom stereocenters. The van der Waals surface area contributed by atoms with E-state index in [1.165, 1.54) is 49.0 Å². The second kappa shape index (κ2) is 5.60. The first-order valence-electron chi connectivity index (χ1n) is 6.13. The van der Waals surface area contributed by atoms with E-state index in [1.54, 1.807) is 11.3 Å². The standard InChI is InChI=1S/C13H20N2S/c1-10-13(16-9-15-10)12(14)11-7-5-3-2-4-6-8-11/h7,9,12H,2-6,8,14H2,1H3. The molecule has 2 nitrogen and oxygen atoms in total. The maximum atomic E-state index is 6.34. The molecule has 3 heteroatoms. The van der Waals surface area contributed by atoms with Gasteiger partial charge in [0.1, 0.15) is 0 Å². The fourth-order valence-electron chi connectivity index (χ4n) is 2.28. The van der Waals surface area contributed by atoms with Crippen molar-refractivity contribution in [2.45, 2.75) is 51.5 Å². The molecule has 0 fully saturated rings. The van der Waals surface area contributed by atoms with Gasteiger partial charge in [0.2, 0.25) is 0 Å². The van der Waals surface area contributed by atoms with Crippen LogP contribution in [-0.4, -0.2) is 4.98 Å². The van der Waals surface area contributed by atoms with Crippen LogP contribution in [0.25, 0.3) is 0 Å². The molecule has 0 aliphatic heterocycles. The average Bonchev–Trinajstić information content (AvgIpc) is 2.63. The van der Waals surface area contributed by atoms with Crippen molar-refractivity contribution < 1.29 is 0 Å². The summed E-state index contributed by atoms with van der Waals surface area (Å²) in [5, 5.41) is 0. The zero-order valence-electron chi connectivity index (χ0n) is 9.91. The van der Waals surface area contributed by atoms with E-state index in [1.807, 2.05) is 5.51 Å². The van der Waals surface area contributed by atoms with Crippen LogP contribution in [0.4, 0.5) is 0 Å². The van der Waals surface area contributed by atoms with E-state index >= 15 is 0 Å². The van der Waals surface area contributed by atoms with Gasteiger partial charge in [-0.1, -0.05) is 24.5 Å². The van der Waals surface area contributed by atoms with Crippen LogP contribution in [0.3, 0.4) is 0 Å². The van der Waals surface area contributed by atoms with Gasteiger partial charge >= 0.3 is 0 Å². The zero-order chi connectivity index (χ0) is 11.4. The summed E-state index contributed by atoms with van der Waals surface area (Å²) in [4.78, 5) is 5.53. The first kappa shape index (κ1) is 11.8. The Hall–Kier alpha value is -0.670. The number of hydrogen-bond donors (Lipinski definition) is 1. The summed E-state index contributed by atoms with van der Waals surface area (Å²) in [5.74, 6) is 0. The molecular formula is C13H20N2S. The summed E-state index contributed by atoms with van der Waals surface area (Å²) < 4.78 is 0. The third kappa shape index (κ3) is 2.71. The van der Waals surface area contributed by atoms with E-state index in [4.69, 9.17) is 5.73 Å². The van der Waals surface area contributed by atoms with Crippen molar-refractivity contribution in [1.29, 1.82) is 0 Å². The number of aromatic nitrogens is 1. The lowest BCUT2D eigenvalue weighted by atomic mass is 9.94. The van der Waals surface area contributed by atoms with Crippen LogP contribution in [0.2, 0.25) is 0 Å². The van der Waals surface area contributed by atoms with Gasteiger partial charge < -0.3 is 5.73 Å². The Morgan fingerprint density at radius 2 is 2.12 bits per heavy atom. The molecule has 0 bridgehead atoms. The number of nitrogens with two attached hydrogens (primary N) is 1. The monoisotopic (exact) mass is 236 g/mol. The maximum Gasteiger partial charge on any atom is 0.0798 e. The van der Waals surface area contributed by atoms with Crippen LogP contribution in [0, 0.1) is 6.92 Å². The first-order valence-corrected chi connectivity index (χ1v) is 7.01.